The predicted molar refractivity (Wildman–Crippen MR) is 124 cm³/mol. The van der Waals surface area contributed by atoms with Crippen molar-refractivity contribution < 1.29 is 4.74 Å². The monoisotopic (exact) mass is 409 g/mol. The van der Waals surface area contributed by atoms with Crippen molar-refractivity contribution in [1.82, 2.24) is 15.0 Å². The van der Waals surface area contributed by atoms with E-state index in [2.05, 4.69) is 84.3 Å². The molecular weight excluding hydrogens is 382 g/mol. The summed E-state index contributed by atoms with van der Waals surface area (Å²) in [6.07, 6.45) is 7.02. The summed E-state index contributed by atoms with van der Waals surface area (Å²) in [5.41, 5.74) is 5.49. The van der Waals surface area contributed by atoms with Crippen molar-refractivity contribution in [3.05, 3.63) is 108 Å². The van der Waals surface area contributed by atoms with Crippen molar-refractivity contribution in [2.24, 2.45) is 5.92 Å². The van der Waals surface area contributed by atoms with Gasteiger partial charge in [-0.1, -0.05) is 63.2 Å². The van der Waals surface area contributed by atoms with Gasteiger partial charge in [0.1, 0.15) is 18.7 Å². The third kappa shape index (κ3) is 4.48. The van der Waals surface area contributed by atoms with Gasteiger partial charge in [-0.3, -0.25) is 4.98 Å². The summed E-state index contributed by atoms with van der Waals surface area (Å²) < 4.78 is 5.92. The third-order valence-corrected chi connectivity index (χ3v) is 6.10. The Kier molecular flexibility index (Phi) is 6.08. The van der Waals surface area contributed by atoms with Crippen molar-refractivity contribution >= 4 is 0 Å². The molecule has 156 valence electrons. The van der Waals surface area contributed by atoms with Crippen LogP contribution in [0.1, 0.15) is 37.6 Å². The van der Waals surface area contributed by atoms with Gasteiger partial charge >= 0.3 is 0 Å². The zero-order chi connectivity index (χ0) is 21.7. The van der Waals surface area contributed by atoms with Crippen LogP contribution in [0.5, 0.6) is 5.75 Å². The van der Waals surface area contributed by atoms with Gasteiger partial charge in [-0.05, 0) is 46.9 Å². The van der Waals surface area contributed by atoms with Gasteiger partial charge in [-0.2, -0.15) is 0 Å². The molecule has 2 heterocycles. The summed E-state index contributed by atoms with van der Waals surface area (Å²) >= 11 is 0. The number of hydrogen-bond acceptors (Lipinski definition) is 4. The highest BCUT2D eigenvalue weighted by Crippen LogP contribution is 2.40. The second kappa shape index (κ2) is 9.09. The molecule has 2 aromatic heterocycles. The smallest absolute Gasteiger partial charge is 0.130 e. The molecule has 0 aliphatic rings. The Morgan fingerprint density at radius 2 is 1.45 bits per heavy atom. The fraction of sp³-hybridized carbons (Fsp3) is 0.222. The first kappa shape index (κ1) is 20.7. The molecule has 0 saturated carbocycles. The Morgan fingerprint density at radius 1 is 0.806 bits per heavy atom. The molecule has 4 aromatic rings. The van der Waals surface area contributed by atoms with Crippen LogP contribution in [0.3, 0.4) is 0 Å². The van der Waals surface area contributed by atoms with Crippen molar-refractivity contribution in [2.75, 3.05) is 0 Å². The molecule has 0 bridgehead atoms. The maximum Gasteiger partial charge on any atom is 0.130 e. The second-order valence-corrected chi connectivity index (χ2v) is 8.20. The highest BCUT2D eigenvalue weighted by Gasteiger charge is 2.32. The van der Waals surface area contributed by atoms with Gasteiger partial charge in [-0.25, -0.2) is 9.97 Å². The molecule has 4 nitrogen and oxygen atoms in total. The average Bonchev–Trinajstić information content (AvgIpc) is 2.84. The fourth-order valence-corrected chi connectivity index (χ4v) is 3.83. The zero-order valence-corrected chi connectivity index (χ0v) is 18.2. The lowest BCUT2D eigenvalue weighted by atomic mass is 9.68. The minimum Gasteiger partial charge on any atom is -0.487 e. The van der Waals surface area contributed by atoms with Crippen LogP contribution in [0, 0.1) is 5.92 Å². The van der Waals surface area contributed by atoms with Crippen LogP contribution in [0.25, 0.3) is 11.1 Å². The lowest BCUT2D eigenvalue weighted by Gasteiger charge is -2.35. The zero-order valence-electron chi connectivity index (χ0n) is 18.2. The molecule has 0 fully saturated rings. The van der Waals surface area contributed by atoms with Crippen LogP contribution in [0.4, 0.5) is 0 Å². The van der Waals surface area contributed by atoms with E-state index >= 15 is 0 Å². The molecule has 0 radical (unpaired) electrons. The first-order chi connectivity index (χ1) is 15.1. The largest absolute Gasteiger partial charge is 0.487 e. The van der Waals surface area contributed by atoms with Crippen LogP contribution in [-0.4, -0.2) is 15.0 Å². The van der Waals surface area contributed by atoms with Gasteiger partial charge in [-0.15, -0.1) is 0 Å². The van der Waals surface area contributed by atoms with Crippen LogP contribution >= 0.6 is 0 Å². The second-order valence-electron chi connectivity index (χ2n) is 8.20. The van der Waals surface area contributed by atoms with Crippen LogP contribution in [-0.2, 0) is 12.0 Å². The molecule has 4 rings (SSSR count). The number of ether oxygens (including phenoxy) is 1. The Hall–Kier alpha value is -3.53. The lowest BCUT2D eigenvalue weighted by Crippen LogP contribution is -2.30. The Morgan fingerprint density at radius 3 is 2.03 bits per heavy atom. The quantitative estimate of drug-likeness (QED) is 0.371. The molecule has 0 aliphatic carbocycles. The standard InChI is InChI=1S/C27H27N3O/c1-20(2)27(3,23-9-7-21(8-10-23)22-16-28-19-29-17-22)24-11-13-26(14-12-24)31-18-25-6-4-5-15-30-25/h4-17,19-20H,18H2,1-3H3. The summed E-state index contributed by atoms with van der Waals surface area (Å²) in [4.78, 5) is 12.6. The number of pyridine rings is 1. The number of benzene rings is 2. The summed E-state index contributed by atoms with van der Waals surface area (Å²) in [5.74, 6) is 1.26. The number of nitrogens with zero attached hydrogens (tertiary/aromatic N) is 3. The number of rotatable bonds is 7. The molecule has 0 N–H and O–H groups in total. The Balaban J connectivity index is 1.56. The molecule has 4 heteroatoms. The molecule has 0 aliphatic heterocycles. The van der Waals surface area contributed by atoms with Crippen LogP contribution < -0.4 is 4.74 Å². The van der Waals surface area contributed by atoms with Gasteiger partial charge in [0.2, 0.25) is 0 Å². The van der Waals surface area contributed by atoms with E-state index in [9.17, 15) is 0 Å². The average molecular weight is 410 g/mol. The Labute approximate surface area is 184 Å². The highest BCUT2D eigenvalue weighted by atomic mass is 16.5. The van der Waals surface area contributed by atoms with E-state index < -0.39 is 0 Å². The molecular formula is C27H27N3O. The van der Waals surface area contributed by atoms with Crippen LogP contribution in [0.2, 0.25) is 0 Å². The van der Waals surface area contributed by atoms with E-state index in [0.29, 0.717) is 12.5 Å². The van der Waals surface area contributed by atoms with E-state index in [4.69, 9.17) is 4.74 Å². The van der Waals surface area contributed by atoms with Gasteiger partial charge in [0.05, 0.1) is 5.69 Å². The van der Waals surface area contributed by atoms with E-state index in [0.717, 1.165) is 22.6 Å². The van der Waals surface area contributed by atoms with E-state index in [-0.39, 0.29) is 5.41 Å². The molecule has 0 amide bonds. The van der Waals surface area contributed by atoms with E-state index in [1.807, 2.05) is 30.6 Å². The number of hydrogen-bond donors (Lipinski definition) is 0. The molecule has 1 atom stereocenters. The summed E-state index contributed by atoms with van der Waals surface area (Å²) in [7, 11) is 0. The molecule has 0 saturated heterocycles. The molecule has 31 heavy (non-hydrogen) atoms. The minimum atomic E-state index is -0.120. The van der Waals surface area contributed by atoms with E-state index in [1.54, 1.807) is 12.5 Å². The summed E-state index contributed by atoms with van der Waals surface area (Å²) in [6, 6.07) is 23.0. The minimum absolute atomic E-state index is 0.120. The van der Waals surface area contributed by atoms with Crippen LogP contribution in [0.15, 0.2) is 91.6 Å². The predicted octanol–water partition coefficient (Wildman–Crippen LogP) is 6.08. The summed E-state index contributed by atoms with van der Waals surface area (Å²) in [6.45, 7) is 7.31. The summed E-state index contributed by atoms with van der Waals surface area (Å²) in [5, 5.41) is 0. The topological polar surface area (TPSA) is 47.9 Å². The maximum absolute atomic E-state index is 5.92. The lowest BCUT2D eigenvalue weighted by molar-refractivity contribution is 0.301. The first-order valence-electron chi connectivity index (χ1n) is 10.6. The fourth-order valence-electron chi connectivity index (χ4n) is 3.83. The Bertz CT molecular complexity index is 1090. The van der Waals surface area contributed by atoms with Crippen molar-refractivity contribution in [1.29, 1.82) is 0 Å². The normalized spacial score (nSPS) is 13.0. The van der Waals surface area contributed by atoms with Gasteiger partial charge < -0.3 is 4.74 Å². The van der Waals surface area contributed by atoms with Crippen molar-refractivity contribution in [2.45, 2.75) is 32.8 Å². The SMILES string of the molecule is CC(C)C(C)(c1ccc(OCc2ccccn2)cc1)c1ccc(-c2cncnc2)cc1. The van der Waals surface area contributed by atoms with Gasteiger partial charge in [0.25, 0.3) is 0 Å². The molecule has 2 aromatic carbocycles. The molecule has 0 spiro atoms. The van der Waals surface area contributed by atoms with Crippen molar-refractivity contribution in [3.8, 4) is 16.9 Å². The third-order valence-electron chi connectivity index (χ3n) is 6.10. The number of aromatic nitrogens is 3. The van der Waals surface area contributed by atoms with Gasteiger partial charge in [0, 0.05) is 29.6 Å². The van der Waals surface area contributed by atoms with Crippen molar-refractivity contribution in [3.63, 3.8) is 0 Å². The highest BCUT2D eigenvalue weighted by molar-refractivity contribution is 5.62. The van der Waals surface area contributed by atoms with Gasteiger partial charge in [0.15, 0.2) is 0 Å². The first-order valence-corrected chi connectivity index (χ1v) is 10.6. The maximum atomic E-state index is 5.92. The molecule has 1 unspecified atom stereocenters. The van der Waals surface area contributed by atoms with E-state index in [1.165, 1.54) is 11.1 Å².